The number of carbonyl (C=O) groups is 1. The monoisotopic (exact) mass is 400 g/mol. The lowest BCUT2D eigenvalue weighted by Gasteiger charge is -2.23. The molecule has 1 aliphatic heterocycles. The summed E-state index contributed by atoms with van der Waals surface area (Å²) in [5.74, 6) is 0.888. The van der Waals surface area contributed by atoms with Gasteiger partial charge in [-0.25, -0.2) is 0 Å². The highest BCUT2D eigenvalue weighted by Crippen LogP contribution is 2.38. The Bertz CT molecular complexity index is 975. The Morgan fingerprint density at radius 2 is 1.69 bits per heavy atom. The Kier molecular flexibility index (Phi) is 4.90. The predicted octanol–water partition coefficient (Wildman–Crippen LogP) is 5.84. The van der Waals surface area contributed by atoms with E-state index in [1.54, 1.807) is 35.1 Å². The van der Waals surface area contributed by atoms with Crippen molar-refractivity contribution >= 4 is 52.2 Å². The molecule has 0 unspecified atom stereocenters. The molecule has 0 saturated carbocycles. The number of thioether (sulfide) groups is 1. The highest BCUT2D eigenvalue weighted by molar-refractivity contribution is 8.07. The van der Waals surface area contributed by atoms with Crippen molar-refractivity contribution in [1.29, 1.82) is 0 Å². The zero-order valence-corrected chi connectivity index (χ0v) is 15.9. The van der Waals surface area contributed by atoms with Crippen molar-refractivity contribution < 1.29 is 4.79 Å². The third kappa shape index (κ3) is 3.73. The fraction of sp³-hybridized carbons (Fsp3) is 0.100. The van der Waals surface area contributed by atoms with E-state index in [1.807, 2.05) is 48.5 Å². The molecule has 2 heterocycles. The van der Waals surface area contributed by atoms with Gasteiger partial charge < -0.3 is 0 Å². The van der Waals surface area contributed by atoms with E-state index in [-0.39, 0.29) is 11.2 Å². The Morgan fingerprint density at radius 1 is 0.962 bits per heavy atom. The van der Waals surface area contributed by atoms with Crippen LogP contribution >= 0.6 is 35.0 Å². The van der Waals surface area contributed by atoms with E-state index in [2.05, 4.69) is 4.98 Å². The molecule has 1 saturated heterocycles. The maximum Gasteiger partial charge on any atom is 0.245 e. The molecule has 2 aromatic carbocycles. The summed E-state index contributed by atoms with van der Waals surface area (Å²) in [6.45, 7) is 0. The molecule has 130 valence electrons. The van der Waals surface area contributed by atoms with E-state index >= 15 is 0 Å². The first-order chi connectivity index (χ1) is 12.6. The Balaban J connectivity index is 1.78. The quantitative estimate of drug-likeness (QED) is 0.516. The molecule has 26 heavy (non-hydrogen) atoms. The second-order valence-electron chi connectivity index (χ2n) is 5.92. The summed E-state index contributed by atoms with van der Waals surface area (Å²) in [4.78, 5) is 18.8. The lowest BCUT2D eigenvalue weighted by atomic mass is 10.0. The number of rotatable bonds is 4. The van der Waals surface area contributed by atoms with Gasteiger partial charge in [0.05, 0.1) is 22.2 Å². The van der Waals surface area contributed by atoms with Crippen molar-refractivity contribution in [3.8, 4) is 11.1 Å². The number of benzene rings is 2. The fourth-order valence-corrected chi connectivity index (χ4v) is 3.60. The largest absolute Gasteiger partial charge is 0.278 e. The van der Waals surface area contributed by atoms with Crippen LogP contribution in [0.15, 0.2) is 67.0 Å². The van der Waals surface area contributed by atoms with Gasteiger partial charge >= 0.3 is 0 Å². The fourth-order valence-electron chi connectivity index (χ4n) is 2.75. The van der Waals surface area contributed by atoms with Crippen LogP contribution in [-0.4, -0.2) is 21.9 Å². The molecule has 0 aliphatic carbocycles. The lowest BCUT2D eigenvalue weighted by molar-refractivity contribution is -0.116. The van der Waals surface area contributed by atoms with Crippen molar-refractivity contribution in [1.82, 2.24) is 4.98 Å². The first-order valence-corrected chi connectivity index (χ1v) is 9.84. The summed E-state index contributed by atoms with van der Waals surface area (Å²) in [6, 6.07) is 17.2. The van der Waals surface area contributed by atoms with Gasteiger partial charge in [-0.05, 0) is 41.5 Å². The SMILES string of the molecule is O=C([C@@H]1CS1)N(c1cncc(Cl)c1)c1cccc(-c2cccc(Cl)c2)c1. The second kappa shape index (κ2) is 7.31. The number of pyridine rings is 1. The highest BCUT2D eigenvalue weighted by atomic mass is 35.5. The van der Waals surface area contributed by atoms with E-state index in [0.29, 0.717) is 15.7 Å². The molecule has 1 fully saturated rings. The average Bonchev–Trinajstić information content (AvgIpc) is 3.47. The van der Waals surface area contributed by atoms with Crippen LogP contribution in [0.25, 0.3) is 11.1 Å². The molecule has 3 nitrogen and oxygen atoms in total. The van der Waals surface area contributed by atoms with Crippen LogP contribution in [-0.2, 0) is 4.79 Å². The zero-order valence-electron chi connectivity index (χ0n) is 13.6. The summed E-state index contributed by atoms with van der Waals surface area (Å²) in [5, 5.41) is 1.16. The molecular formula is C20H14Cl2N2OS. The van der Waals surface area contributed by atoms with Gasteiger partial charge in [-0.1, -0.05) is 47.5 Å². The van der Waals surface area contributed by atoms with Crippen LogP contribution < -0.4 is 4.90 Å². The van der Waals surface area contributed by atoms with Crippen LogP contribution in [0.4, 0.5) is 11.4 Å². The van der Waals surface area contributed by atoms with Crippen LogP contribution in [0.1, 0.15) is 0 Å². The Hall–Kier alpha value is -2.01. The second-order valence-corrected chi connectivity index (χ2v) is 8.03. The summed E-state index contributed by atoms with van der Waals surface area (Å²) < 4.78 is 0. The van der Waals surface area contributed by atoms with Gasteiger partial charge in [-0.15, -0.1) is 11.8 Å². The van der Waals surface area contributed by atoms with Gasteiger partial charge in [-0.2, -0.15) is 0 Å². The average molecular weight is 401 g/mol. The van der Waals surface area contributed by atoms with Crippen LogP contribution in [0.3, 0.4) is 0 Å². The molecule has 0 radical (unpaired) electrons. The maximum absolute atomic E-state index is 12.9. The highest BCUT2D eigenvalue weighted by Gasteiger charge is 2.36. The molecule has 1 aromatic heterocycles. The molecule has 1 aliphatic rings. The summed E-state index contributed by atoms with van der Waals surface area (Å²) in [5.41, 5.74) is 3.43. The minimum absolute atomic E-state index is 0.0104. The van der Waals surface area contributed by atoms with Gasteiger partial charge in [-0.3, -0.25) is 14.7 Å². The lowest BCUT2D eigenvalue weighted by Crippen LogP contribution is -2.29. The topological polar surface area (TPSA) is 33.2 Å². The van der Waals surface area contributed by atoms with Crippen LogP contribution in [0.2, 0.25) is 10.0 Å². The van der Waals surface area contributed by atoms with Crippen LogP contribution in [0, 0.1) is 0 Å². The smallest absolute Gasteiger partial charge is 0.245 e. The van der Waals surface area contributed by atoms with Gasteiger partial charge in [0, 0.05) is 22.7 Å². The van der Waals surface area contributed by atoms with E-state index < -0.39 is 0 Å². The number of nitrogens with zero attached hydrogens (tertiary/aromatic N) is 2. The van der Waals surface area contributed by atoms with Crippen molar-refractivity contribution in [3.63, 3.8) is 0 Å². The van der Waals surface area contributed by atoms with Crippen molar-refractivity contribution in [2.75, 3.05) is 10.7 Å². The third-order valence-corrected chi connectivity index (χ3v) is 5.35. The normalized spacial score (nSPS) is 15.5. The number of amides is 1. The number of aromatic nitrogens is 1. The van der Waals surface area contributed by atoms with E-state index in [1.165, 1.54) is 0 Å². The van der Waals surface area contributed by atoms with Gasteiger partial charge in [0.1, 0.15) is 0 Å². The number of hydrogen-bond acceptors (Lipinski definition) is 3. The Labute approximate surface area is 166 Å². The molecule has 3 aromatic rings. The summed E-state index contributed by atoms with van der Waals surface area (Å²) >= 11 is 13.9. The van der Waals surface area contributed by atoms with E-state index in [4.69, 9.17) is 23.2 Å². The first kappa shape index (κ1) is 17.4. The van der Waals surface area contributed by atoms with E-state index in [9.17, 15) is 4.79 Å². The third-order valence-electron chi connectivity index (χ3n) is 4.04. The molecule has 0 spiro atoms. The summed E-state index contributed by atoms with van der Waals surface area (Å²) in [7, 11) is 0. The minimum Gasteiger partial charge on any atom is -0.278 e. The standard InChI is InChI=1S/C20H14Cl2N2OS/c21-15-5-1-3-13(7-15)14-4-2-6-17(8-14)24(20(25)19-12-26-19)18-9-16(22)10-23-11-18/h1-11,19H,12H2/t19-/m0/s1. The van der Waals surface area contributed by atoms with Gasteiger partial charge in [0.25, 0.3) is 0 Å². The number of anilines is 2. The van der Waals surface area contributed by atoms with Gasteiger partial charge in [0.2, 0.25) is 5.91 Å². The molecule has 1 atom stereocenters. The molecule has 6 heteroatoms. The minimum atomic E-state index is -0.0104. The summed E-state index contributed by atoms with van der Waals surface area (Å²) in [6.07, 6.45) is 3.21. The van der Waals surface area contributed by atoms with E-state index in [0.717, 1.165) is 22.6 Å². The number of halogens is 2. The Morgan fingerprint density at radius 3 is 2.38 bits per heavy atom. The number of carbonyl (C=O) groups excluding carboxylic acids is 1. The van der Waals surface area contributed by atoms with Crippen LogP contribution in [0.5, 0.6) is 0 Å². The molecule has 4 rings (SSSR count). The molecule has 0 bridgehead atoms. The number of hydrogen-bond donors (Lipinski definition) is 0. The van der Waals surface area contributed by atoms with Crippen molar-refractivity contribution in [2.24, 2.45) is 0 Å². The molecule has 0 N–H and O–H groups in total. The predicted molar refractivity (Wildman–Crippen MR) is 110 cm³/mol. The molecular weight excluding hydrogens is 387 g/mol. The van der Waals surface area contributed by atoms with Crippen molar-refractivity contribution in [3.05, 3.63) is 77.0 Å². The first-order valence-electron chi connectivity index (χ1n) is 8.04. The molecule has 1 amide bonds. The maximum atomic E-state index is 12.9. The van der Waals surface area contributed by atoms with Gasteiger partial charge in [0.15, 0.2) is 0 Å². The van der Waals surface area contributed by atoms with Crippen molar-refractivity contribution in [2.45, 2.75) is 5.25 Å². The zero-order chi connectivity index (χ0) is 18.1.